The molecule has 2 aromatic rings. The molecule has 1 fully saturated rings. The Bertz CT molecular complexity index is 1050. The Morgan fingerprint density at radius 1 is 1.29 bits per heavy atom. The number of aryl methyl sites for hydroxylation is 1. The van der Waals surface area contributed by atoms with Crippen LogP contribution in [-0.2, 0) is 20.7 Å². The minimum absolute atomic E-state index is 0.0558. The average molecular weight is 517 g/mol. The van der Waals surface area contributed by atoms with E-state index in [1.807, 2.05) is 24.3 Å². The number of fused-ring (bicyclic) bond motifs is 1. The summed E-state index contributed by atoms with van der Waals surface area (Å²) >= 11 is 8.24. The van der Waals surface area contributed by atoms with Gasteiger partial charge in [-0.15, -0.1) is 11.3 Å². The Hall–Kier alpha value is -1.95. The van der Waals surface area contributed by atoms with Gasteiger partial charge in [-0.1, -0.05) is 68.0 Å². The highest BCUT2D eigenvalue weighted by atomic mass is 35.5. The third-order valence-electron chi connectivity index (χ3n) is 7.03. The molecule has 4 atom stereocenters. The smallest absolute Gasteiger partial charge is 0.305 e. The van der Waals surface area contributed by atoms with Crippen molar-refractivity contribution in [2.75, 3.05) is 7.11 Å². The number of carbonyl (C=O) groups is 2. The molecule has 1 aromatic carbocycles. The van der Waals surface area contributed by atoms with Gasteiger partial charge < -0.3 is 9.84 Å². The Kier molecular flexibility index (Phi) is 10.6. The van der Waals surface area contributed by atoms with Crippen molar-refractivity contribution in [3.8, 4) is 0 Å². The minimum Gasteiger partial charge on any atom is -0.469 e. The minimum atomic E-state index is -0.575. The summed E-state index contributed by atoms with van der Waals surface area (Å²) in [5.41, 5.74) is 0. The lowest BCUT2D eigenvalue weighted by atomic mass is 9.81. The Balaban J connectivity index is 1.58. The van der Waals surface area contributed by atoms with Gasteiger partial charge in [-0.2, -0.15) is 0 Å². The van der Waals surface area contributed by atoms with Crippen LogP contribution in [0.4, 0.5) is 0 Å². The molecule has 1 saturated carbocycles. The number of aliphatic hydroxyl groups excluding tert-OH is 1. The van der Waals surface area contributed by atoms with Crippen LogP contribution in [0.25, 0.3) is 10.1 Å². The van der Waals surface area contributed by atoms with Gasteiger partial charge in [-0.3, -0.25) is 9.59 Å². The average Bonchev–Trinajstić information content (AvgIpc) is 3.34. The summed E-state index contributed by atoms with van der Waals surface area (Å²) in [7, 11) is 1.40. The van der Waals surface area contributed by atoms with Gasteiger partial charge in [0.25, 0.3) is 0 Å². The summed E-state index contributed by atoms with van der Waals surface area (Å²) in [5, 5.41) is 12.6. The molecule has 35 heavy (non-hydrogen) atoms. The van der Waals surface area contributed by atoms with Crippen molar-refractivity contribution in [3.05, 3.63) is 58.5 Å². The first-order valence-electron chi connectivity index (χ1n) is 12.6. The number of Topliss-reactive ketones (excluding diaryl/α,β-unsaturated/α-hetero) is 1. The van der Waals surface area contributed by atoms with Gasteiger partial charge in [0, 0.05) is 33.7 Å². The van der Waals surface area contributed by atoms with Crippen LogP contribution in [0.15, 0.2) is 48.6 Å². The summed E-state index contributed by atoms with van der Waals surface area (Å²) in [5.74, 6) is 0.883. The topological polar surface area (TPSA) is 63.6 Å². The van der Waals surface area contributed by atoms with Gasteiger partial charge >= 0.3 is 5.97 Å². The second kappa shape index (κ2) is 13.4. The lowest BCUT2D eigenvalue weighted by molar-refractivity contribution is -0.140. The molecule has 3 rings (SSSR count). The quantitative estimate of drug-likeness (QED) is 0.184. The SMILES string of the molecule is COC(=O)CCC/C=C\C[C@H]1C(=O)CC(C(C)C)[C@@H]1/C=C/C(O)CCc1sc2ccccc2c1Cl. The predicted molar refractivity (Wildman–Crippen MR) is 145 cm³/mol. The number of thiophene rings is 1. The maximum absolute atomic E-state index is 12.8. The number of hydrogen-bond acceptors (Lipinski definition) is 5. The maximum atomic E-state index is 12.8. The van der Waals surface area contributed by atoms with Crippen LogP contribution in [-0.4, -0.2) is 30.1 Å². The number of unbranched alkanes of at least 4 members (excludes halogenated alkanes) is 1. The van der Waals surface area contributed by atoms with Crippen LogP contribution in [0.5, 0.6) is 0 Å². The molecule has 0 spiro atoms. The van der Waals surface area contributed by atoms with E-state index < -0.39 is 6.10 Å². The van der Waals surface area contributed by atoms with E-state index >= 15 is 0 Å². The van der Waals surface area contributed by atoms with Crippen molar-refractivity contribution < 1.29 is 19.4 Å². The second-order valence-electron chi connectivity index (χ2n) is 9.76. The van der Waals surface area contributed by atoms with Crippen LogP contribution in [0.3, 0.4) is 0 Å². The highest BCUT2D eigenvalue weighted by molar-refractivity contribution is 7.19. The molecule has 1 aromatic heterocycles. The highest BCUT2D eigenvalue weighted by Gasteiger charge is 2.41. The first-order chi connectivity index (χ1) is 16.8. The van der Waals surface area contributed by atoms with Gasteiger partial charge in [0.1, 0.15) is 5.78 Å². The van der Waals surface area contributed by atoms with Crippen LogP contribution in [0.1, 0.15) is 57.2 Å². The molecule has 190 valence electrons. The van der Waals surface area contributed by atoms with Crippen molar-refractivity contribution in [1.29, 1.82) is 0 Å². The summed E-state index contributed by atoms with van der Waals surface area (Å²) in [6.07, 6.45) is 12.1. The maximum Gasteiger partial charge on any atom is 0.305 e. The van der Waals surface area contributed by atoms with Crippen LogP contribution >= 0.6 is 22.9 Å². The summed E-state index contributed by atoms with van der Waals surface area (Å²) < 4.78 is 5.84. The number of carbonyl (C=O) groups excluding carboxylic acids is 2. The molecule has 1 N–H and O–H groups in total. The fourth-order valence-electron chi connectivity index (χ4n) is 4.96. The van der Waals surface area contributed by atoms with E-state index in [1.165, 1.54) is 11.8 Å². The number of esters is 1. The number of ether oxygens (including phenoxy) is 1. The van der Waals surface area contributed by atoms with E-state index in [9.17, 15) is 14.7 Å². The fourth-order valence-corrected chi connectivity index (χ4v) is 6.51. The summed E-state index contributed by atoms with van der Waals surface area (Å²) in [4.78, 5) is 25.2. The second-order valence-corrected chi connectivity index (χ2v) is 11.3. The zero-order chi connectivity index (χ0) is 25.4. The van der Waals surface area contributed by atoms with Crippen molar-refractivity contribution in [2.45, 2.75) is 64.9 Å². The first kappa shape index (κ1) is 27.6. The molecular weight excluding hydrogens is 480 g/mol. The van der Waals surface area contributed by atoms with Crippen molar-refractivity contribution in [2.24, 2.45) is 23.7 Å². The van der Waals surface area contributed by atoms with Crippen LogP contribution in [0, 0.1) is 23.7 Å². The zero-order valence-corrected chi connectivity index (χ0v) is 22.5. The molecule has 0 aliphatic heterocycles. The van der Waals surface area contributed by atoms with Gasteiger partial charge in [-0.05, 0) is 55.9 Å². The molecule has 2 unspecified atom stereocenters. The van der Waals surface area contributed by atoms with Crippen LogP contribution in [0.2, 0.25) is 5.02 Å². The third kappa shape index (κ3) is 7.52. The predicted octanol–water partition coefficient (Wildman–Crippen LogP) is 7.17. The van der Waals surface area contributed by atoms with E-state index in [2.05, 4.69) is 42.9 Å². The Labute approximate surface area is 218 Å². The molecule has 0 amide bonds. The summed E-state index contributed by atoms with van der Waals surface area (Å²) in [6, 6.07) is 8.11. The Morgan fingerprint density at radius 2 is 2.06 bits per heavy atom. The van der Waals surface area contributed by atoms with Crippen molar-refractivity contribution in [1.82, 2.24) is 0 Å². The number of rotatable bonds is 12. The van der Waals surface area contributed by atoms with Gasteiger partial charge in [0.15, 0.2) is 0 Å². The molecule has 4 nitrogen and oxygen atoms in total. The van der Waals surface area contributed by atoms with Gasteiger partial charge in [-0.25, -0.2) is 0 Å². The molecule has 1 aliphatic rings. The number of halogens is 1. The zero-order valence-electron chi connectivity index (χ0n) is 20.9. The Morgan fingerprint density at radius 3 is 2.77 bits per heavy atom. The standard InChI is InChI=1S/C29H37ClO4S/c1-19(2)24-18-25(32)22(10-6-4-5-7-13-28(33)34-3)21(24)16-14-20(31)15-17-27-29(30)23-11-8-9-12-26(23)35-27/h4,6,8-9,11-12,14,16,19-22,24,31H,5,7,10,13,15,17-18H2,1-3H3/b6-4-,16-14+/t20?,21-,22-,24?/m1/s1. The lowest BCUT2D eigenvalue weighted by Gasteiger charge is -2.23. The molecule has 6 heteroatoms. The highest BCUT2D eigenvalue weighted by Crippen LogP contribution is 2.42. The molecule has 1 aliphatic carbocycles. The number of hydrogen-bond donors (Lipinski definition) is 1. The monoisotopic (exact) mass is 516 g/mol. The number of aliphatic hydroxyl groups is 1. The van der Waals surface area contributed by atoms with Crippen LogP contribution < -0.4 is 0 Å². The van der Waals surface area contributed by atoms with Gasteiger partial charge in [0.2, 0.25) is 0 Å². The van der Waals surface area contributed by atoms with Crippen molar-refractivity contribution >= 4 is 44.8 Å². The first-order valence-corrected chi connectivity index (χ1v) is 13.8. The number of benzene rings is 1. The largest absolute Gasteiger partial charge is 0.469 e. The lowest BCUT2D eigenvalue weighted by Crippen LogP contribution is -2.19. The number of methoxy groups -OCH3 is 1. The molecular formula is C29H37ClO4S. The molecule has 0 bridgehead atoms. The van der Waals surface area contributed by atoms with E-state index in [-0.39, 0.29) is 17.8 Å². The number of ketones is 1. The van der Waals surface area contributed by atoms with Crippen molar-refractivity contribution in [3.63, 3.8) is 0 Å². The van der Waals surface area contributed by atoms with E-state index in [1.54, 1.807) is 11.3 Å². The molecule has 0 radical (unpaired) electrons. The molecule has 0 saturated heterocycles. The normalized spacial score (nSPS) is 21.7. The molecule has 1 heterocycles. The number of allylic oxidation sites excluding steroid dienone is 3. The van der Waals surface area contributed by atoms with E-state index in [0.29, 0.717) is 43.3 Å². The van der Waals surface area contributed by atoms with E-state index in [4.69, 9.17) is 11.6 Å². The summed E-state index contributed by atoms with van der Waals surface area (Å²) in [6.45, 7) is 4.34. The fraction of sp³-hybridized carbons (Fsp3) is 0.517. The van der Waals surface area contributed by atoms with E-state index in [0.717, 1.165) is 34.5 Å². The van der Waals surface area contributed by atoms with Gasteiger partial charge in [0.05, 0.1) is 18.2 Å². The third-order valence-corrected chi connectivity index (χ3v) is 8.80.